The van der Waals surface area contributed by atoms with Crippen molar-refractivity contribution in [3.8, 4) is 11.3 Å². The first kappa shape index (κ1) is 13.8. The lowest BCUT2D eigenvalue weighted by Gasteiger charge is -2.38. The number of nitrogens with zero attached hydrogens (tertiary/aromatic N) is 3. The zero-order valence-corrected chi connectivity index (χ0v) is 13.5. The van der Waals surface area contributed by atoms with Gasteiger partial charge in [-0.25, -0.2) is 4.98 Å². The summed E-state index contributed by atoms with van der Waals surface area (Å²) >= 11 is 3.08. The van der Waals surface area contributed by atoms with E-state index in [1.54, 1.807) is 11.3 Å². The normalized spacial score (nSPS) is 18.4. The third kappa shape index (κ3) is 2.53. The van der Waals surface area contributed by atoms with E-state index in [9.17, 15) is 0 Å². The molecule has 0 amide bonds. The second-order valence-electron chi connectivity index (χ2n) is 5.53. The van der Waals surface area contributed by atoms with Gasteiger partial charge in [0.2, 0.25) is 0 Å². The Balaban J connectivity index is 1.98. The van der Waals surface area contributed by atoms with Gasteiger partial charge in [0.1, 0.15) is 10.8 Å². The van der Waals surface area contributed by atoms with Crippen molar-refractivity contribution in [3.63, 3.8) is 0 Å². The minimum Gasteiger partial charge on any atom is -0.382 e. The smallest absolute Gasteiger partial charge is 0.148 e. The maximum Gasteiger partial charge on any atom is 0.148 e. The summed E-state index contributed by atoms with van der Waals surface area (Å²) in [6.45, 7) is 8.64. The van der Waals surface area contributed by atoms with Gasteiger partial charge in [0.15, 0.2) is 0 Å². The van der Waals surface area contributed by atoms with Crippen LogP contribution in [0.2, 0.25) is 0 Å². The average molecular weight is 310 g/mol. The molecule has 1 saturated heterocycles. The fraction of sp³-hybridized carbons (Fsp3) is 0.538. The van der Waals surface area contributed by atoms with Crippen molar-refractivity contribution in [2.75, 3.05) is 30.3 Å². The van der Waals surface area contributed by atoms with Crippen LogP contribution in [0.1, 0.15) is 18.9 Å². The standard InChI is InChI=1S/C13H18N4OS2/c1-8-15-9(6-19-8)10-11(14)16-20-12(10)17-4-5-18-13(2,3)7-17/h6H,4-5,7H2,1-3H3,(H2,14,16). The highest BCUT2D eigenvalue weighted by molar-refractivity contribution is 7.11. The molecule has 5 nitrogen and oxygen atoms in total. The van der Waals surface area contributed by atoms with Crippen LogP contribution >= 0.6 is 22.9 Å². The van der Waals surface area contributed by atoms with E-state index in [0.717, 1.165) is 41.0 Å². The average Bonchev–Trinajstić information content (AvgIpc) is 2.94. The molecule has 3 heterocycles. The van der Waals surface area contributed by atoms with E-state index in [4.69, 9.17) is 10.5 Å². The van der Waals surface area contributed by atoms with Crippen LogP contribution in [0.25, 0.3) is 11.3 Å². The van der Waals surface area contributed by atoms with Crippen molar-refractivity contribution in [1.82, 2.24) is 9.36 Å². The van der Waals surface area contributed by atoms with Crippen molar-refractivity contribution >= 4 is 33.7 Å². The maximum atomic E-state index is 6.06. The molecule has 2 aromatic heterocycles. The number of nitrogens with two attached hydrogens (primary N) is 1. The highest BCUT2D eigenvalue weighted by Gasteiger charge is 2.30. The molecule has 2 N–H and O–H groups in total. The molecule has 0 saturated carbocycles. The van der Waals surface area contributed by atoms with Gasteiger partial charge in [0.05, 0.1) is 28.5 Å². The molecule has 1 aliphatic rings. The Labute approximate surface area is 126 Å². The quantitative estimate of drug-likeness (QED) is 0.924. The Bertz CT molecular complexity index is 620. The minimum absolute atomic E-state index is 0.147. The van der Waals surface area contributed by atoms with Crippen LogP contribution in [-0.4, -0.2) is 34.7 Å². The number of ether oxygens (including phenoxy) is 1. The summed E-state index contributed by atoms with van der Waals surface area (Å²) in [5, 5.41) is 4.19. The molecule has 0 aromatic carbocycles. The predicted octanol–water partition coefficient (Wildman–Crippen LogP) is 2.77. The van der Waals surface area contributed by atoms with Crippen LogP contribution in [0.15, 0.2) is 5.38 Å². The summed E-state index contributed by atoms with van der Waals surface area (Å²) in [7, 11) is 0. The van der Waals surface area contributed by atoms with Crippen molar-refractivity contribution < 1.29 is 4.74 Å². The van der Waals surface area contributed by atoms with Gasteiger partial charge in [-0.15, -0.1) is 11.3 Å². The van der Waals surface area contributed by atoms with E-state index >= 15 is 0 Å². The molecule has 20 heavy (non-hydrogen) atoms. The number of hydrogen-bond acceptors (Lipinski definition) is 7. The number of hydrogen-bond donors (Lipinski definition) is 1. The van der Waals surface area contributed by atoms with Crippen LogP contribution in [0, 0.1) is 6.92 Å². The Kier molecular flexibility index (Phi) is 3.43. The SMILES string of the molecule is Cc1nc(-c2c(N)nsc2N2CCOC(C)(C)C2)cs1. The van der Waals surface area contributed by atoms with E-state index in [2.05, 4.69) is 28.1 Å². The topological polar surface area (TPSA) is 64.3 Å². The van der Waals surface area contributed by atoms with Crippen molar-refractivity contribution in [2.45, 2.75) is 26.4 Å². The van der Waals surface area contributed by atoms with Crippen LogP contribution in [0.4, 0.5) is 10.8 Å². The second kappa shape index (κ2) is 4.98. The fourth-order valence-corrected chi connectivity index (χ4v) is 3.87. The van der Waals surface area contributed by atoms with E-state index < -0.39 is 0 Å². The zero-order chi connectivity index (χ0) is 14.3. The Morgan fingerprint density at radius 1 is 1.45 bits per heavy atom. The number of morpholine rings is 1. The fourth-order valence-electron chi connectivity index (χ4n) is 2.42. The number of aryl methyl sites for hydroxylation is 1. The first-order valence-electron chi connectivity index (χ1n) is 6.53. The Morgan fingerprint density at radius 2 is 2.25 bits per heavy atom. The van der Waals surface area contributed by atoms with Gasteiger partial charge in [-0.3, -0.25) is 0 Å². The Morgan fingerprint density at radius 3 is 2.90 bits per heavy atom. The molecule has 0 bridgehead atoms. The highest BCUT2D eigenvalue weighted by Crippen LogP contribution is 2.40. The van der Waals surface area contributed by atoms with Crippen LogP contribution in [-0.2, 0) is 4.74 Å². The number of rotatable bonds is 2. The summed E-state index contributed by atoms with van der Waals surface area (Å²) in [5.41, 5.74) is 7.81. The molecule has 0 spiro atoms. The van der Waals surface area contributed by atoms with Crippen molar-refractivity contribution in [1.29, 1.82) is 0 Å². The minimum atomic E-state index is -0.147. The number of nitrogen functional groups attached to an aromatic ring is 1. The molecule has 0 atom stereocenters. The molecule has 0 radical (unpaired) electrons. The van der Waals surface area contributed by atoms with Gasteiger partial charge in [0, 0.05) is 18.5 Å². The second-order valence-corrected chi connectivity index (χ2v) is 7.34. The summed E-state index contributed by atoms with van der Waals surface area (Å²) in [6, 6.07) is 0. The van der Waals surface area contributed by atoms with Gasteiger partial charge in [0.25, 0.3) is 0 Å². The lowest BCUT2D eigenvalue weighted by Crippen LogP contribution is -2.48. The maximum absolute atomic E-state index is 6.06. The molecule has 0 aliphatic carbocycles. The first-order valence-corrected chi connectivity index (χ1v) is 8.18. The molecular weight excluding hydrogens is 292 g/mol. The van der Waals surface area contributed by atoms with E-state index in [1.165, 1.54) is 11.5 Å². The monoisotopic (exact) mass is 310 g/mol. The summed E-state index contributed by atoms with van der Waals surface area (Å²) in [6.07, 6.45) is 0. The Hall–Kier alpha value is -1.18. The molecule has 0 unspecified atom stereocenters. The third-order valence-electron chi connectivity index (χ3n) is 3.29. The van der Waals surface area contributed by atoms with Gasteiger partial charge in [-0.1, -0.05) is 0 Å². The van der Waals surface area contributed by atoms with Crippen LogP contribution in [0.5, 0.6) is 0 Å². The van der Waals surface area contributed by atoms with Gasteiger partial charge >= 0.3 is 0 Å². The van der Waals surface area contributed by atoms with Gasteiger partial charge in [-0.05, 0) is 32.3 Å². The molecular formula is C13H18N4OS2. The number of anilines is 2. The zero-order valence-electron chi connectivity index (χ0n) is 11.8. The number of thiazole rings is 1. The van der Waals surface area contributed by atoms with Crippen LogP contribution in [0.3, 0.4) is 0 Å². The molecule has 7 heteroatoms. The third-order valence-corrected chi connectivity index (χ3v) is 4.99. The van der Waals surface area contributed by atoms with E-state index in [1.807, 2.05) is 12.3 Å². The van der Waals surface area contributed by atoms with Crippen molar-refractivity contribution in [3.05, 3.63) is 10.4 Å². The summed E-state index contributed by atoms with van der Waals surface area (Å²) in [4.78, 5) is 6.86. The van der Waals surface area contributed by atoms with Crippen LogP contribution < -0.4 is 10.6 Å². The van der Waals surface area contributed by atoms with Gasteiger partial charge < -0.3 is 15.4 Å². The largest absolute Gasteiger partial charge is 0.382 e. The lowest BCUT2D eigenvalue weighted by molar-refractivity contribution is -0.0274. The van der Waals surface area contributed by atoms with Gasteiger partial charge in [-0.2, -0.15) is 4.37 Å². The molecule has 3 rings (SSSR count). The van der Waals surface area contributed by atoms with E-state index in [0.29, 0.717) is 5.82 Å². The number of aromatic nitrogens is 2. The first-order chi connectivity index (χ1) is 9.46. The highest BCUT2D eigenvalue weighted by atomic mass is 32.1. The van der Waals surface area contributed by atoms with Crippen molar-refractivity contribution in [2.24, 2.45) is 0 Å². The lowest BCUT2D eigenvalue weighted by atomic mass is 10.1. The summed E-state index contributed by atoms with van der Waals surface area (Å²) < 4.78 is 10.1. The molecule has 2 aromatic rings. The molecule has 1 aliphatic heterocycles. The predicted molar refractivity (Wildman–Crippen MR) is 84.6 cm³/mol. The molecule has 1 fully saturated rings. The van der Waals surface area contributed by atoms with E-state index in [-0.39, 0.29) is 5.60 Å². The molecule has 108 valence electrons. The summed E-state index contributed by atoms with van der Waals surface area (Å²) in [5.74, 6) is 0.569.